The molecule has 0 radical (unpaired) electrons. The zero-order chi connectivity index (χ0) is 14.5. The van der Waals surface area contributed by atoms with Gasteiger partial charge in [0.15, 0.2) is 0 Å². The summed E-state index contributed by atoms with van der Waals surface area (Å²) in [6.45, 7) is 2.88. The van der Waals surface area contributed by atoms with E-state index < -0.39 is 0 Å². The first kappa shape index (κ1) is 13.9. The van der Waals surface area contributed by atoms with Crippen molar-refractivity contribution in [3.8, 4) is 0 Å². The second kappa shape index (κ2) is 6.57. The maximum atomic E-state index is 4.31. The third kappa shape index (κ3) is 3.94. The second-order valence-corrected chi connectivity index (χ2v) is 5.75. The van der Waals surface area contributed by atoms with Gasteiger partial charge in [-0.1, -0.05) is 42.7 Å². The van der Waals surface area contributed by atoms with E-state index in [4.69, 9.17) is 0 Å². The van der Waals surface area contributed by atoms with Crippen molar-refractivity contribution in [2.45, 2.75) is 45.2 Å². The Morgan fingerprint density at radius 1 is 1.05 bits per heavy atom. The van der Waals surface area contributed by atoms with Crippen LogP contribution in [0.3, 0.4) is 0 Å². The molecule has 1 heterocycles. The van der Waals surface area contributed by atoms with Crippen molar-refractivity contribution >= 4 is 11.6 Å². The molecule has 4 nitrogen and oxygen atoms in total. The van der Waals surface area contributed by atoms with Crippen LogP contribution in [0.15, 0.2) is 36.7 Å². The number of hydrogen-bond acceptors (Lipinski definition) is 4. The molecule has 0 bridgehead atoms. The Morgan fingerprint density at radius 2 is 1.76 bits per heavy atom. The first-order chi connectivity index (χ1) is 10.3. The number of aromatic nitrogens is 2. The molecule has 21 heavy (non-hydrogen) atoms. The molecule has 0 amide bonds. The zero-order valence-electron chi connectivity index (χ0n) is 12.5. The van der Waals surface area contributed by atoms with Gasteiger partial charge in [0.25, 0.3) is 0 Å². The average Bonchev–Trinajstić information content (AvgIpc) is 3.00. The van der Waals surface area contributed by atoms with Crippen LogP contribution < -0.4 is 10.6 Å². The predicted octanol–water partition coefficient (Wildman–Crippen LogP) is 3.75. The minimum atomic E-state index is 0.574. The van der Waals surface area contributed by atoms with Gasteiger partial charge in [-0.15, -0.1) is 0 Å². The summed E-state index contributed by atoms with van der Waals surface area (Å²) in [5.74, 6) is 1.79. The van der Waals surface area contributed by atoms with Crippen molar-refractivity contribution in [2.24, 2.45) is 0 Å². The molecule has 3 rings (SSSR count). The van der Waals surface area contributed by atoms with Crippen LogP contribution in [0.1, 0.15) is 36.8 Å². The van der Waals surface area contributed by atoms with E-state index in [0.29, 0.717) is 6.04 Å². The molecule has 1 aliphatic carbocycles. The fourth-order valence-electron chi connectivity index (χ4n) is 2.71. The lowest BCUT2D eigenvalue weighted by Crippen LogP contribution is -2.15. The van der Waals surface area contributed by atoms with Crippen LogP contribution in [0.4, 0.5) is 11.6 Å². The van der Waals surface area contributed by atoms with Crippen LogP contribution in [0.2, 0.25) is 0 Å². The molecule has 1 aromatic carbocycles. The average molecular weight is 282 g/mol. The maximum absolute atomic E-state index is 4.31. The van der Waals surface area contributed by atoms with Gasteiger partial charge in [0.2, 0.25) is 0 Å². The number of rotatable bonds is 5. The quantitative estimate of drug-likeness (QED) is 0.877. The molecular formula is C17H22N4. The highest BCUT2D eigenvalue weighted by molar-refractivity contribution is 5.47. The van der Waals surface area contributed by atoms with Gasteiger partial charge in [0.05, 0.1) is 0 Å². The van der Waals surface area contributed by atoms with Gasteiger partial charge in [0.1, 0.15) is 18.0 Å². The summed E-state index contributed by atoms with van der Waals surface area (Å²) >= 11 is 0. The van der Waals surface area contributed by atoms with Crippen molar-refractivity contribution < 1.29 is 0 Å². The highest BCUT2D eigenvalue weighted by atomic mass is 15.1. The number of nitrogens with zero attached hydrogens (tertiary/aromatic N) is 2. The summed E-state index contributed by atoms with van der Waals surface area (Å²) in [6.07, 6.45) is 6.75. The van der Waals surface area contributed by atoms with Crippen LogP contribution in [0, 0.1) is 6.92 Å². The molecule has 4 heteroatoms. The van der Waals surface area contributed by atoms with Crippen molar-refractivity contribution in [3.63, 3.8) is 0 Å². The predicted molar refractivity (Wildman–Crippen MR) is 86.4 cm³/mol. The number of hydrogen-bond donors (Lipinski definition) is 2. The highest BCUT2D eigenvalue weighted by Crippen LogP contribution is 2.22. The van der Waals surface area contributed by atoms with Crippen LogP contribution >= 0.6 is 0 Å². The van der Waals surface area contributed by atoms with E-state index in [2.05, 4.69) is 51.8 Å². The molecule has 0 atom stereocenters. The third-order valence-electron chi connectivity index (χ3n) is 3.97. The first-order valence-corrected chi connectivity index (χ1v) is 7.67. The summed E-state index contributed by atoms with van der Waals surface area (Å²) in [7, 11) is 0. The number of anilines is 2. The lowest BCUT2D eigenvalue weighted by molar-refractivity contribution is 0.750. The fraction of sp³-hybridized carbons (Fsp3) is 0.412. The Kier molecular flexibility index (Phi) is 4.34. The van der Waals surface area contributed by atoms with Crippen molar-refractivity contribution in [1.29, 1.82) is 0 Å². The van der Waals surface area contributed by atoms with Gasteiger partial charge < -0.3 is 10.6 Å². The first-order valence-electron chi connectivity index (χ1n) is 7.67. The molecule has 1 fully saturated rings. The zero-order valence-corrected chi connectivity index (χ0v) is 12.5. The molecule has 0 unspecified atom stereocenters. The monoisotopic (exact) mass is 282 g/mol. The van der Waals surface area contributed by atoms with Crippen LogP contribution in [0.25, 0.3) is 0 Å². The van der Waals surface area contributed by atoms with E-state index in [-0.39, 0.29) is 0 Å². The largest absolute Gasteiger partial charge is 0.367 e. The van der Waals surface area contributed by atoms with Gasteiger partial charge in [-0.25, -0.2) is 9.97 Å². The molecular weight excluding hydrogens is 260 g/mol. The lowest BCUT2D eigenvalue weighted by Gasteiger charge is -2.13. The van der Waals surface area contributed by atoms with Crippen LogP contribution in [0.5, 0.6) is 0 Å². The van der Waals surface area contributed by atoms with E-state index in [0.717, 1.165) is 18.2 Å². The highest BCUT2D eigenvalue weighted by Gasteiger charge is 2.14. The molecule has 2 N–H and O–H groups in total. The summed E-state index contributed by atoms with van der Waals surface area (Å²) in [4.78, 5) is 8.59. The molecule has 1 aliphatic rings. The van der Waals surface area contributed by atoms with Gasteiger partial charge in [-0.05, 0) is 25.3 Å². The Balaban J connectivity index is 1.58. The van der Waals surface area contributed by atoms with Gasteiger partial charge >= 0.3 is 0 Å². The van der Waals surface area contributed by atoms with E-state index in [1.807, 2.05) is 6.07 Å². The topological polar surface area (TPSA) is 49.8 Å². The minimum Gasteiger partial charge on any atom is -0.367 e. The summed E-state index contributed by atoms with van der Waals surface area (Å²) in [6, 6.07) is 11.1. The van der Waals surface area contributed by atoms with E-state index in [1.54, 1.807) is 6.33 Å². The van der Waals surface area contributed by atoms with Crippen molar-refractivity contribution in [2.75, 3.05) is 10.6 Å². The molecule has 0 saturated heterocycles. The lowest BCUT2D eigenvalue weighted by atomic mass is 10.1. The van der Waals surface area contributed by atoms with Gasteiger partial charge in [-0.3, -0.25) is 0 Å². The summed E-state index contributed by atoms with van der Waals surface area (Å²) in [5, 5.41) is 6.85. The van der Waals surface area contributed by atoms with E-state index in [9.17, 15) is 0 Å². The van der Waals surface area contributed by atoms with E-state index in [1.165, 1.54) is 36.8 Å². The number of nitrogens with one attached hydrogen (secondary N) is 2. The molecule has 2 aromatic rings. The smallest absolute Gasteiger partial charge is 0.131 e. The van der Waals surface area contributed by atoms with Crippen molar-refractivity contribution in [3.05, 3.63) is 47.8 Å². The van der Waals surface area contributed by atoms with Crippen LogP contribution in [-0.2, 0) is 6.54 Å². The molecule has 1 saturated carbocycles. The van der Waals surface area contributed by atoms with Gasteiger partial charge in [-0.2, -0.15) is 0 Å². The van der Waals surface area contributed by atoms with E-state index >= 15 is 0 Å². The summed E-state index contributed by atoms with van der Waals surface area (Å²) in [5.41, 5.74) is 2.54. The Morgan fingerprint density at radius 3 is 2.52 bits per heavy atom. The second-order valence-electron chi connectivity index (χ2n) is 5.75. The Hall–Kier alpha value is -2.10. The SMILES string of the molecule is Cc1ccc(CNc2cc(NC3CCCC3)ncn2)cc1. The van der Waals surface area contributed by atoms with Crippen LogP contribution in [-0.4, -0.2) is 16.0 Å². The standard InChI is InChI=1S/C17H22N4/c1-13-6-8-14(9-7-13)11-18-16-10-17(20-12-19-16)21-15-4-2-3-5-15/h6-10,12,15H,2-5,11H2,1H3,(H2,18,19,20,21). The van der Waals surface area contributed by atoms with Gasteiger partial charge in [0, 0.05) is 18.7 Å². The number of aryl methyl sites for hydroxylation is 1. The number of benzene rings is 1. The van der Waals surface area contributed by atoms with Crippen molar-refractivity contribution in [1.82, 2.24) is 9.97 Å². The Bertz CT molecular complexity index is 574. The molecule has 1 aromatic heterocycles. The molecule has 0 aliphatic heterocycles. The normalized spacial score (nSPS) is 15.1. The minimum absolute atomic E-state index is 0.574. The summed E-state index contributed by atoms with van der Waals surface area (Å²) < 4.78 is 0. The Labute approximate surface area is 126 Å². The molecule has 0 spiro atoms. The molecule has 110 valence electrons. The third-order valence-corrected chi connectivity index (χ3v) is 3.97. The fourth-order valence-corrected chi connectivity index (χ4v) is 2.71. The maximum Gasteiger partial charge on any atom is 0.131 e.